The molecule has 0 atom stereocenters. The van der Waals surface area contributed by atoms with Gasteiger partial charge in [0.15, 0.2) is 11.5 Å². The number of carbonyl (C=O) groups is 2. The van der Waals surface area contributed by atoms with Crippen LogP contribution < -0.4 is 25.0 Å². The van der Waals surface area contributed by atoms with Crippen LogP contribution in [-0.4, -0.2) is 31.4 Å². The molecule has 0 spiro atoms. The number of fused-ring (bicyclic) bond motifs is 2. The Morgan fingerprint density at radius 3 is 2.65 bits per heavy atom. The molecule has 5 rings (SSSR count). The fourth-order valence-corrected chi connectivity index (χ4v) is 4.05. The lowest BCUT2D eigenvalue weighted by atomic mass is 10.0. The Hall–Kier alpha value is -4.37. The van der Waals surface area contributed by atoms with Crippen molar-refractivity contribution in [1.82, 2.24) is 10.7 Å². The Balaban J connectivity index is 1.23. The van der Waals surface area contributed by atoms with Crippen molar-refractivity contribution in [2.75, 3.05) is 13.3 Å². The summed E-state index contributed by atoms with van der Waals surface area (Å²) in [6, 6.07) is 24.4. The standard InChI is InChI=1S/C28H22BrN3O5/c29-21-9-5-18(6-10-21)16-35-24-11-7-19-3-1-2-4-22(19)23(24)14-31-32-27(33)15-30-28(34)20-8-12-25-26(13-20)37-17-36-25/h1-14H,15-17H2,(H,30,34)(H,32,33). The van der Waals surface area contributed by atoms with Crippen LogP contribution >= 0.6 is 15.9 Å². The third kappa shape index (κ3) is 5.90. The van der Waals surface area contributed by atoms with Crippen molar-refractivity contribution in [3.63, 3.8) is 0 Å². The molecule has 0 aromatic heterocycles. The number of rotatable bonds is 8. The Morgan fingerprint density at radius 2 is 1.78 bits per heavy atom. The number of halogens is 1. The van der Waals surface area contributed by atoms with Gasteiger partial charge >= 0.3 is 0 Å². The number of carbonyl (C=O) groups excluding carboxylic acids is 2. The van der Waals surface area contributed by atoms with E-state index in [1.165, 1.54) is 0 Å². The van der Waals surface area contributed by atoms with E-state index in [0.717, 1.165) is 26.4 Å². The molecule has 8 nitrogen and oxygen atoms in total. The summed E-state index contributed by atoms with van der Waals surface area (Å²) >= 11 is 3.44. The number of benzene rings is 4. The highest BCUT2D eigenvalue weighted by Crippen LogP contribution is 2.32. The van der Waals surface area contributed by atoms with E-state index in [0.29, 0.717) is 29.4 Å². The maximum absolute atomic E-state index is 12.4. The van der Waals surface area contributed by atoms with Gasteiger partial charge in [-0.05, 0) is 52.7 Å². The molecule has 0 saturated carbocycles. The third-order valence-corrected chi connectivity index (χ3v) is 6.19. The van der Waals surface area contributed by atoms with Crippen LogP contribution in [0.15, 0.2) is 88.4 Å². The second-order valence-electron chi connectivity index (χ2n) is 8.16. The van der Waals surface area contributed by atoms with Crippen molar-refractivity contribution in [2.24, 2.45) is 5.10 Å². The number of hydrogen-bond acceptors (Lipinski definition) is 6. The van der Waals surface area contributed by atoms with Crippen molar-refractivity contribution in [1.29, 1.82) is 0 Å². The minimum absolute atomic E-state index is 0.120. The van der Waals surface area contributed by atoms with Crippen LogP contribution in [0.2, 0.25) is 0 Å². The molecular weight excluding hydrogens is 538 g/mol. The molecule has 2 N–H and O–H groups in total. The summed E-state index contributed by atoms with van der Waals surface area (Å²) in [7, 11) is 0. The van der Waals surface area contributed by atoms with Crippen molar-refractivity contribution < 1.29 is 23.8 Å². The number of hydrogen-bond donors (Lipinski definition) is 2. The summed E-state index contributed by atoms with van der Waals surface area (Å²) in [6.07, 6.45) is 1.55. The molecule has 0 saturated heterocycles. The maximum atomic E-state index is 12.4. The fourth-order valence-electron chi connectivity index (χ4n) is 3.79. The van der Waals surface area contributed by atoms with Gasteiger partial charge in [-0.15, -0.1) is 0 Å². The Kier molecular flexibility index (Phi) is 7.32. The summed E-state index contributed by atoms with van der Waals surface area (Å²) < 4.78 is 17.6. The predicted octanol–water partition coefficient (Wildman–Crippen LogP) is 4.79. The van der Waals surface area contributed by atoms with Crippen LogP contribution in [0.4, 0.5) is 0 Å². The largest absolute Gasteiger partial charge is 0.488 e. The highest BCUT2D eigenvalue weighted by molar-refractivity contribution is 9.10. The molecule has 2 amide bonds. The van der Waals surface area contributed by atoms with Crippen LogP contribution in [-0.2, 0) is 11.4 Å². The Bertz CT molecular complexity index is 1490. The molecule has 4 aromatic carbocycles. The van der Waals surface area contributed by atoms with E-state index in [1.54, 1.807) is 24.4 Å². The van der Waals surface area contributed by atoms with E-state index in [1.807, 2.05) is 60.7 Å². The molecule has 4 aromatic rings. The van der Waals surface area contributed by atoms with Gasteiger partial charge in [0.25, 0.3) is 11.8 Å². The summed E-state index contributed by atoms with van der Waals surface area (Å²) in [5, 5.41) is 8.64. The normalized spacial score (nSPS) is 12.0. The fraction of sp³-hybridized carbons (Fsp3) is 0.107. The summed E-state index contributed by atoms with van der Waals surface area (Å²) in [6.45, 7) is 0.256. The average Bonchev–Trinajstić information content (AvgIpc) is 3.40. The lowest BCUT2D eigenvalue weighted by molar-refractivity contribution is -0.120. The zero-order chi connectivity index (χ0) is 25.6. The molecule has 1 heterocycles. The van der Waals surface area contributed by atoms with Crippen molar-refractivity contribution >= 4 is 44.7 Å². The molecule has 0 radical (unpaired) electrons. The van der Waals surface area contributed by atoms with E-state index in [2.05, 4.69) is 31.8 Å². The zero-order valence-electron chi connectivity index (χ0n) is 19.6. The first-order chi connectivity index (χ1) is 18.1. The Labute approximate surface area is 221 Å². The smallest absolute Gasteiger partial charge is 0.259 e. The van der Waals surface area contributed by atoms with Gasteiger partial charge in [-0.25, -0.2) is 5.43 Å². The molecule has 0 aliphatic carbocycles. The number of nitrogens with zero attached hydrogens (tertiary/aromatic N) is 1. The molecule has 1 aliphatic rings. The maximum Gasteiger partial charge on any atom is 0.259 e. The monoisotopic (exact) mass is 559 g/mol. The van der Waals surface area contributed by atoms with Gasteiger partial charge in [0.05, 0.1) is 12.8 Å². The lowest BCUT2D eigenvalue weighted by Gasteiger charge is -2.12. The van der Waals surface area contributed by atoms with E-state index in [4.69, 9.17) is 14.2 Å². The second kappa shape index (κ2) is 11.1. The van der Waals surface area contributed by atoms with Crippen LogP contribution in [0.3, 0.4) is 0 Å². The van der Waals surface area contributed by atoms with E-state index < -0.39 is 11.8 Å². The van der Waals surface area contributed by atoms with Crippen LogP contribution in [0.1, 0.15) is 21.5 Å². The molecule has 0 bridgehead atoms. The van der Waals surface area contributed by atoms with E-state index >= 15 is 0 Å². The lowest BCUT2D eigenvalue weighted by Crippen LogP contribution is -2.34. The van der Waals surface area contributed by atoms with E-state index in [-0.39, 0.29) is 13.3 Å². The van der Waals surface area contributed by atoms with Crippen molar-refractivity contribution in [3.8, 4) is 17.2 Å². The van der Waals surface area contributed by atoms with Gasteiger partial charge in [-0.2, -0.15) is 5.10 Å². The van der Waals surface area contributed by atoms with Crippen LogP contribution in [0.5, 0.6) is 17.2 Å². The molecular formula is C28H22BrN3O5. The van der Waals surface area contributed by atoms with Crippen LogP contribution in [0.25, 0.3) is 10.8 Å². The average molecular weight is 560 g/mol. The first-order valence-corrected chi connectivity index (χ1v) is 12.2. The molecule has 37 heavy (non-hydrogen) atoms. The minimum atomic E-state index is -0.470. The van der Waals surface area contributed by atoms with Crippen molar-refractivity contribution in [3.05, 3.63) is 100 Å². The molecule has 9 heteroatoms. The predicted molar refractivity (Wildman–Crippen MR) is 143 cm³/mol. The van der Waals surface area contributed by atoms with Gasteiger partial charge < -0.3 is 19.5 Å². The highest BCUT2D eigenvalue weighted by atomic mass is 79.9. The van der Waals surface area contributed by atoms with Crippen molar-refractivity contribution in [2.45, 2.75) is 6.61 Å². The number of amides is 2. The van der Waals surface area contributed by atoms with Gasteiger partial charge in [0.2, 0.25) is 6.79 Å². The second-order valence-corrected chi connectivity index (χ2v) is 9.07. The topological polar surface area (TPSA) is 98.3 Å². The molecule has 0 fully saturated rings. The summed E-state index contributed by atoms with van der Waals surface area (Å²) in [5.41, 5.74) is 4.58. The molecule has 0 unspecified atom stereocenters. The first kappa shape index (κ1) is 24.3. The minimum Gasteiger partial charge on any atom is -0.488 e. The number of hydrazone groups is 1. The molecule has 1 aliphatic heterocycles. The van der Waals surface area contributed by atoms with Gasteiger partial charge in [0.1, 0.15) is 12.4 Å². The number of ether oxygens (including phenoxy) is 3. The number of nitrogens with one attached hydrogen (secondary N) is 2. The SMILES string of the molecule is O=C(CNC(=O)c1ccc2c(c1)OCO2)NN=Cc1c(OCc2ccc(Br)cc2)ccc2ccccc12. The first-order valence-electron chi connectivity index (χ1n) is 11.5. The van der Waals surface area contributed by atoms with E-state index in [9.17, 15) is 9.59 Å². The highest BCUT2D eigenvalue weighted by Gasteiger charge is 2.16. The third-order valence-electron chi connectivity index (χ3n) is 5.67. The van der Waals surface area contributed by atoms with Crippen LogP contribution in [0, 0.1) is 0 Å². The molecule has 186 valence electrons. The summed E-state index contributed by atoms with van der Waals surface area (Å²) in [5.74, 6) is 0.834. The van der Waals surface area contributed by atoms with Gasteiger partial charge in [-0.1, -0.05) is 58.4 Å². The summed E-state index contributed by atoms with van der Waals surface area (Å²) in [4.78, 5) is 24.7. The zero-order valence-corrected chi connectivity index (χ0v) is 21.2. The quantitative estimate of drug-likeness (QED) is 0.239. The van der Waals surface area contributed by atoms with Gasteiger partial charge in [-0.3, -0.25) is 9.59 Å². The Morgan fingerprint density at radius 1 is 0.973 bits per heavy atom. The van der Waals surface area contributed by atoms with Gasteiger partial charge in [0, 0.05) is 15.6 Å².